The first-order chi connectivity index (χ1) is 20.0. The van der Waals surface area contributed by atoms with Crippen molar-refractivity contribution in [3.05, 3.63) is 119 Å². The van der Waals surface area contributed by atoms with Crippen molar-refractivity contribution in [1.29, 1.82) is 5.26 Å². The Morgan fingerprint density at radius 1 is 0.667 bits per heavy atom. The minimum absolute atomic E-state index is 0.0878. The first-order valence-electron chi connectivity index (χ1n) is 11.9. The van der Waals surface area contributed by atoms with Crippen LogP contribution in [-0.4, -0.2) is 11.4 Å². The molecule has 0 atom stereocenters. The van der Waals surface area contributed by atoms with E-state index in [4.69, 9.17) is 16.0 Å². The van der Waals surface area contributed by atoms with Crippen molar-refractivity contribution >= 4 is 33.0 Å². The summed E-state index contributed by atoms with van der Waals surface area (Å²) in [6.07, 6.45) is -6.22. The van der Waals surface area contributed by atoms with E-state index in [1.54, 1.807) is 24.3 Å². The van der Waals surface area contributed by atoms with Crippen molar-refractivity contribution in [2.45, 2.75) is 12.4 Å². The van der Waals surface area contributed by atoms with Gasteiger partial charge in [-0.1, -0.05) is 60.7 Å². The molecule has 0 heterocycles. The Morgan fingerprint density at radius 3 is 1.57 bits per heavy atom. The Kier molecular flexibility index (Phi) is 7.15. The maximum atomic E-state index is 14.0. The summed E-state index contributed by atoms with van der Waals surface area (Å²) in [4.78, 5) is 6.50. The van der Waals surface area contributed by atoms with Gasteiger partial charge in [-0.25, -0.2) is 0 Å². The Labute approximate surface area is 233 Å². The van der Waals surface area contributed by atoms with E-state index in [0.717, 1.165) is 24.3 Å². The summed E-state index contributed by atoms with van der Waals surface area (Å²) < 4.78 is 95.2. The van der Waals surface area contributed by atoms with Crippen LogP contribution in [0.4, 0.5) is 26.3 Å². The van der Waals surface area contributed by atoms with Gasteiger partial charge in [-0.05, 0) is 22.9 Å². The molecule has 0 saturated heterocycles. The van der Waals surface area contributed by atoms with Crippen LogP contribution in [0.1, 0.15) is 11.1 Å². The molecule has 0 spiro atoms. The molecule has 42 heavy (non-hydrogen) atoms. The van der Waals surface area contributed by atoms with E-state index in [0.29, 0.717) is 10.8 Å². The van der Waals surface area contributed by atoms with Crippen molar-refractivity contribution in [3.8, 4) is 17.7 Å². The highest BCUT2D eigenvalue weighted by molar-refractivity contribution is 6.23. The van der Waals surface area contributed by atoms with Gasteiger partial charge in [-0.15, -0.1) is 4.95 Å². The molecule has 6 nitrogen and oxygen atoms in total. The molecule has 0 aliphatic heterocycles. The van der Waals surface area contributed by atoms with Gasteiger partial charge in [0.15, 0.2) is 17.2 Å². The van der Waals surface area contributed by atoms with Gasteiger partial charge in [0.2, 0.25) is 6.19 Å². The van der Waals surface area contributed by atoms with Crippen LogP contribution in [0.15, 0.2) is 107 Å². The van der Waals surface area contributed by atoms with Crippen molar-refractivity contribution in [2.75, 3.05) is 0 Å². The Hall–Kier alpha value is -5.62. The van der Waals surface area contributed by atoms with Crippen LogP contribution in [0.2, 0.25) is 0 Å². The summed E-state index contributed by atoms with van der Waals surface area (Å²) in [5, 5.41) is 13.9. The van der Waals surface area contributed by atoms with Crippen LogP contribution >= 0.6 is 0 Å². The molecule has 208 valence electrons. The molecule has 1 aliphatic carbocycles. The number of alkyl halides is 6. The molecule has 0 fully saturated rings. The lowest BCUT2D eigenvalue weighted by atomic mass is 10.0. The monoisotopic (exact) mass is 576 g/mol. The van der Waals surface area contributed by atoms with Crippen LogP contribution in [0.5, 0.6) is 11.5 Å². The van der Waals surface area contributed by atoms with E-state index >= 15 is 0 Å². The number of aliphatic imine (C=N–C) groups is 1. The summed E-state index contributed by atoms with van der Waals surface area (Å²) >= 11 is 0. The first-order valence-corrected chi connectivity index (χ1v) is 11.9. The molecule has 12 heteroatoms. The predicted molar refractivity (Wildman–Crippen MR) is 142 cm³/mol. The molecule has 0 aromatic heterocycles. The second-order valence-corrected chi connectivity index (χ2v) is 8.73. The highest BCUT2D eigenvalue weighted by atomic mass is 19.4. The van der Waals surface area contributed by atoms with Crippen molar-refractivity contribution in [2.24, 2.45) is 10.1 Å². The first kappa shape index (κ1) is 27.9. The number of rotatable bonds is 4. The topological polar surface area (TPSA) is 71.3 Å². The molecule has 0 bridgehead atoms. The third kappa shape index (κ3) is 5.38. The average molecular weight is 576 g/mol. The van der Waals surface area contributed by atoms with E-state index in [1.165, 1.54) is 42.6 Å². The van der Waals surface area contributed by atoms with Crippen molar-refractivity contribution in [3.63, 3.8) is 0 Å². The average Bonchev–Trinajstić information content (AvgIpc) is 2.94. The van der Waals surface area contributed by atoms with E-state index in [2.05, 4.69) is 15.0 Å². The fourth-order valence-electron chi connectivity index (χ4n) is 4.35. The van der Waals surface area contributed by atoms with Crippen LogP contribution in [0, 0.1) is 18.0 Å². The molecular formula is C30H14F6N4O2. The summed E-state index contributed by atoms with van der Waals surface area (Å²) in [5.41, 5.74) is -2.99. The number of allylic oxidation sites excluding steroid dienone is 2. The number of hydrogen-bond acceptors (Lipinski definition) is 5. The van der Waals surface area contributed by atoms with Gasteiger partial charge in [-0.3, -0.25) is 0 Å². The number of hydrogen-bond donors (Lipinski definition) is 0. The lowest BCUT2D eigenvalue weighted by molar-refractivity contribution is -0.139. The van der Waals surface area contributed by atoms with Gasteiger partial charge >= 0.3 is 12.4 Å². The highest BCUT2D eigenvalue weighted by Gasteiger charge is 2.38. The number of nitriles is 1. The molecule has 4 aromatic rings. The molecule has 0 saturated carbocycles. The lowest BCUT2D eigenvalue weighted by Crippen LogP contribution is -2.22. The van der Waals surface area contributed by atoms with Gasteiger partial charge in [0.05, 0.1) is 16.2 Å². The van der Waals surface area contributed by atoms with Gasteiger partial charge < -0.3 is 9.47 Å². The summed E-state index contributed by atoms with van der Waals surface area (Å²) in [6, 6.07) is 16.4. The third-order valence-corrected chi connectivity index (χ3v) is 6.16. The van der Waals surface area contributed by atoms with E-state index in [-0.39, 0.29) is 22.2 Å². The second-order valence-electron chi connectivity index (χ2n) is 8.73. The largest absolute Gasteiger partial charge is 0.454 e. The van der Waals surface area contributed by atoms with Crippen molar-refractivity contribution in [1.82, 2.24) is 0 Å². The third-order valence-electron chi connectivity index (χ3n) is 6.16. The maximum absolute atomic E-state index is 14.0. The lowest BCUT2D eigenvalue weighted by Gasteiger charge is -2.21. The zero-order chi connectivity index (χ0) is 30.1. The standard InChI is InChI=1S/C30H14F6N4O2/c1-38-40-24-15-25(41-27-19-8-4-2-6-17(19)10-12-21(27)29(31,32)33)23(39-16-37)14-26(24)42-28-20-9-5-3-7-18(20)11-13-22(28)30(34,35)36/h2-15H/b39-23?,40-24-. The Morgan fingerprint density at radius 2 is 1.12 bits per heavy atom. The number of nitrogens with zero attached hydrogens (tertiary/aromatic N) is 4. The molecule has 0 unspecified atom stereocenters. The summed E-state index contributed by atoms with van der Waals surface area (Å²) in [6.45, 7) is 7.20. The molecule has 0 radical (unpaired) electrons. The van der Waals surface area contributed by atoms with Crippen LogP contribution in [-0.2, 0) is 12.4 Å². The zero-order valence-electron chi connectivity index (χ0n) is 21.0. The Bertz CT molecular complexity index is 1800. The SMILES string of the molecule is [C-]#[N+]/N=C1/C=C(Oc2c(C(F)(F)F)ccc3ccccc23)C(=NC#N)C=C1Oc1c(C(F)(F)F)ccc2ccccc12. The molecular weight excluding hydrogens is 562 g/mol. The van der Waals surface area contributed by atoms with Gasteiger partial charge in [0.25, 0.3) is 0 Å². The quantitative estimate of drug-likeness (QED) is 0.0805. The maximum Gasteiger partial charge on any atom is 0.420 e. The van der Waals surface area contributed by atoms with E-state index < -0.39 is 46.5 Å². The molecule has 0 amide bonds. The number of ether oxygens (including phenoxy) is 2. The normalized spacial score (nSPS) is 15.7. The smallest absolute Gasteiger partial charge is 0.420 e. The molecule has 4 aromatic carbocycles. The predicted octanol–water partition coefficient (Wildman–Crippen LogP) is 8.47. The number of benzene rings is 4. The van der Waals surface area contributed by atoms with Crippen molar-refractivity contribution < 1.29 is 35.8 Å². The number of fused-ring (bicyclic) bond motifs is 2. The van der Waals surface area contributed by atoms with E-state index in [9.17, 15) is 31.6 Å². The van der Waals surface area contributed by atoms with Gasteiger partial charge in [-0.2, -0.15) is 43.2 Å². The number of halogens is 6. The van der Waals surface area contributed by atoms with E-state index in [1.807, 2.05) is 0 Å². The molecule has 0 N–H and O–H groups in total. The summed E-state index contributed by atoms with van der Waals surface area (Å²) in [7, 11) is 0. The minimum Gasteiger partial charge on any atom is -0.454 e. The fraction of sp³-hybridized carbons (Fsp3) is 0.0667. The Balaban J connectivity index is 1.65. The minimum atomic E-state index is -4.83. The van der Waals surface area contributed by atoms with Crippen LogP contribution in [0.3, 0.4) is 0 Å². The van der Waals surface area contributed by atoms with Gasteiger partial charge in [0, 0.05) is 22.9 Å². The highest BCUT2D eigenvalue weighted by Crippen LogP contribution is 2.43. The van der Waals surface area contributed by atoms with Crippen LogP contribution in [0.25, 0.3) is 26.5 Å². The molecule has 5 rings (SSSR count). The van der Waals surface area contributed by atoms with Gasteiger partial charge in [0.1, 0.15) is 17.2 Å². The molecule has 1 aliphatic rings. The fourth-order valence-corrected chi connectivity index (χ4v) is 4.35. The zero-order valence-corrected chi connectivity index (χ0v) is 21.0. The second kappa shape index (κ2) is 10.7. The van der Waals surface area contributed by atoms with Crippen LogP contribution < -0.4 is 9.47 Å². The summed E-state index contributed by atoms with van der Waals surface area (Å²) in [5.74, 6) is -2.04.